The zero-order valence-electron chi connectivity index (χ0n) is 21.2. The number of H-pyrrole nitrogens is 1. The number of carbonyl (C=O) groups excluding carboxylic acids is 1. The summed E-state index contributed by atoms with van der Waals surface area (Å²) >= 11 is 0. The van der Waals surface area contributed by atoms with E-state index >= 15 is 0 Å². The van der Waals surface area contributed by atoms with E-state index in [-0.39, 0.29) is 23.6 Å². The Kier molecular flexibility index (Phi) is 6.31. The van der Waals surface area contributed by atoms with E-state index in [0.717, 1.165) is 85.9 Å². The molecule has 3 aliphatic rings. The maximum Gasteiger partial charge on any atom is 0.259 e. The molecule has 3 aromatic rings. The number of aromatic nitrogens is 3. The van der Waals surface area contributed by atoms with Crippen molar-refractivity contribution in [2.24, 2.45) is 0 Å². The van der Waals surface area contributed by atoms with Crippen molar-refractivity contribution in [2.75, 3.05) is 46.6 Å². The van der Waals surface area contributed by atoms with E-state index in [2.05, 4.69) is 19.9 Å². The number of carbonyl (C=O) groups is 1. The van der Waals surface area contributed by atoms with E-state index < -0.39 is 0 Å². The average molecular weight is 494 g/mol. The van der Waals surface area contributed by atoms with Crippen molar-refractivity contribution in [3.05, 3.63) is 39.8 Å². The number of ether oxygens (including phenoxy) is 2. The van der Waals surface area contributed by atoms with Crippen LogP contribution in [0.25, 0.3) is 21.8 Å². The topological polar surface area (TPSA) is 92.7 Å². The molecule has 2 atom stereocenters. The highest BCUT2D eigenvalue weighted by Crippen LogP contribution is 2.34. The zero-order chi connectivity index (χ0) is 24.8. The normalized spacial score (nSPS) is 22.9. The predicted molar refractivity (Wildman–Crippen MR) is 138 cm³/mol. The smallest absolute Gasteiger partial charge is 0.259 e. The first-order valence-electron chi connectivity index (χ1n) is 13.2. The van der Waals surface area contributed by atoms with Crippen LogP contribution in [-0.2, 0) is 9.47 Å². The second-order valence-electron chi connectivity index (χ2n) is 10.6. The minimum atomic E-state index is -0.142. The number of fused-ring (bicyclic) bond motifs is 5. The van der Waals surface area contributed by atoms with Crippen molar-refractivity contribution in [2.45, 2.75) is 57.2 Å². The van der Waals surface area contributed by atoms with Gasteiger partial charge in [0.05, 0.1) is 28.7 Å². The highest BCUT2D eigenvalue weighted by molar-refractivity contribution is 6.07. The molecule has 2 aromatic heterocycles. The number of piperazine rings is 1. The molecule has 1 N–H and O–H groups in total. The number of aryl methyl sites for hydroxylation is 1. The lowest BCUT2D eigenvalue weighted by atomic mass is 10.0. The second kappa shape index (κ2) is 9.61. The van der Waals surface area contributed by atoms with Crippen LogP contribution < -0.4 is 5.56 Å². The molecule has 0 unspecified atom stereocenters. The van der Waals surface area contributed by atoms with E-state index in [1.54, 1.807) is 13.3 Å². The van der Waals surface area contributed by atoms with Crippen LogP contribution in [0.4, 0.5) is 0 Å². The fourth-order valence-electron chi connectivity index (χ4n) is 6.42. The molecule has 0 saturated carbocycles. The Balaban J connectivity index is 1.30. The number of hydrogen-bond donors (Lipinski definition) is 1. The molecule has 2 bridgehead atoms. The number of likely N-dealkylation sites (tertiary alicyclic amines) is 2. The van der Waals surface area contributed by atoms with Gasteiger partial charge in [0.15, 0.2) is 0 Å². The molecule has 0 radical (unpaired) electrons. The molecule has 0 spiro atoms. The Morgan fingerprint density at radius 2 is 1.97 bits per heavy atom. The summed E-state index contributed by atoms with van der Waals surface area (Å²) in [6.45, 7) is 6.95. The predicted octanol–water partition coefficient (Wildman–Crippen LogP) is 2.86. The Morgan fingerprint density at radius 1 is 1.14 bits per heavy atom. The second-order valence-corrected chi connectivity index (χ2v) is 10.6. The van der Waals surface area contributed by atoms with Gasteiger partial charge in [0.25, 0.3) is 11.5 Å². The minimum Gasteiger partial charge on any atom is -0.385 e. The molecule has 36 heavy (non-hydrogen) atoms. The van der Waals surface area contributed by atoms with E-state index in [0.29, 0.717) is 24.6 Å². The largest absolute Gasteiger partial charge is 0.385 e. The molecular weight excluding hydrogens is 458 g/mol. The van der Waals surface area contributed by atoms with E-state index in [1.165, 1.54) is 0 Å². The highest BCUT2D eigenvalue weighted by atomic mass is 16.5. The molecule has 3 saturated heterocycles. The van der Waals surface area contributed by atoms with Gasteiger partial charge in [-0.25, -0.2) is 0 Å². The van der Waals surface area contributed by atoms with Gasteiger partial charge in [0, 0.05) is 63.1 Å². The molecule has 1 aromatic carbocycles. The lowest BCUT2D eigenvalue weighted by Gasteiger charge is -2.34. The Hall–Kier alpha value is -2.75. The maximum atomic E-state index is 13.8. The van der Waals surface area contributed by atoms with Crippen LogP contribution in [0.1, 0.15) is 54.1 Å². The monoisotopic (exact) mass is 493 g/mol. The van der Waals surface area contributed by atoms with Gasteiger partial charge in [-0.2, -0.15) is 5.10 Å². The summed E-state index contributed by atoms with van der Waals surface area (Å²) in [6.07, 6.45) is 6.64. The standard InChI is InChI=1S/C27H35N5O4/c1-17-11-24-22(25-23(26(33)29-24)14-28-32(25)18-5-9-36-10-6-18)13-21(17)27(34)31-16-19-12-20(31)15-30(19)7-3-4-8-35-2/h11,13-14,18-20H,3-10,12,15-16H2,1-2H3,(H,29,33)/t19-,20-/m0/s1. The molecule has 9 heteroatoms. The number of rotatable bonds is 7. The SMILES string of the molecule is COCCCCN1C[C@@H]2C[C@H]1CN2C(=O)c1cc2c(cc1C)[nH]c(=O)c1cnn(C3CCOCC3)c12. The van der Waals surface area contributed by atoms with Crippen LogP contribution in [0.3, 0.4) is 0 Å². The Labute approximate surface area is 210 Å². The van der Waals surface area contributed by atoms with Crippen molar-refractivity contribution >= 4 is 27.7 Å². The third-order valence-corrected chi connectivity index (χ3v) is 8.33. The van der Waals surface area contributed by atoms with Crippen LogP contribution in [-0.4, -0.2) is 89.1 Å². The molecule has 192 valence electrons. The number of hydrogen-bond acceptors (Lipinski definition) is 6. The van der Waals surface area contributed by atoms with Crippen LogP contribution in [0, 0.1) is 6.92 Å². The Bertz CT molecular complexity index is 1340. The molecule has 3 aliphatic heterocycles. The fraction of sp³-hybridized carbons (Fsp3) is 0.593. The summed E-state index contributed by atoms with van der Waals surface area (Å²) < 4.78 is 12.7. The highest BCUT2D eigenvalue weighted by Gasteiger charge is 2.45. The van der Waals surface area contributed by atoms with E-state index in [9.17, 15) is 9.59 Å². The zero-order valence-corrected chi connectivity index (χ0v) is 21.2. The van der Waals surface area contributed by atoms with Gasteiger partial charge in [-0.3, -0.25) is 19.2 Å². The minimum absolute atomic E-state index is 0.0948. The molecule has 0 aliphatic carbocycles. The number of methoxy groups -OCH3 is 1. The van der Waals surface area contributed by atoms with Gasteiger partial charge in [-0.15, -0.1) is 0 Å². The number of aromatic amines is 1. The fourth-order valence-corrected chi connectivity index (χ4v) is 6.42. The number of benzene rings is 1. The molecule has 9 nitrogen and oxygen atoms in total. The quantitative estimate of drug-likeness (QED) is 0.509. The first-order chi connectivity index (χ1) is 17.5. The van der Waals surface area contributed by atoms with Gasteiger partial charge >= 0.3 is 0 Å². The van der Waals surface area contributed by atoms with Crippen molar-refractivity contribution in [1.82, 2.24) is 24.6 Å². The van der Waals surface area contributed by atoms with Crippen molar-refractivity contribution < 1.29 is 14.3 Å². The van der Waals surface area contributed by atoms with Crippen molar-refractivity contribution in [3.63, 3.8) is 0 Å². The summed E-state index contributed by atoms with van der Waals surface area (Å²) in [5.41, 5.74) is 3.03. The van der Waals surface area contributed by atoms with Crippen LogP contribution in [0.15, 0.2) is 23.1 Å². The average Bonchev–Trinajstić information content (AvgIpc) is 3.61. The van der Waals surface area contributed by atoms with Crippen LogP contribution in [0.2, 0.25) is 0 Å². The van der Waals surface area contributed by atoms with Gasteiger partial charge < -0.3 is 19.4 Å². The summed E-state index contributed by atoms with van der Waals surface area (Å²) in [4.78, 5) is 34.3. The van der Waals surface area contributed by atoms with Gasteiger partial charge in [0.1, 0.15) is 0 Å². The first-order valence-corrected chi connectivity index (χ1v) is 13.2. The van der Waals surface area contributed by atoms with E-state index in [4.69, 9.17) is 9.47 Å². The van der Waals surface area contributed by atoms with Gasteiger partial charge in [-0.1, -0.05) is 0 Å². The van der Waals surface area contributed by atoms with Gasteiger partial charge in [0.2, 0.25) is 0 Å². The summed E-state index contributed by atoms with van der Waals surface area (Å²) in [7, 11) is 1.75. The first kappa shape index (κ1) is 23.6. The number of nitrogens with zero attached hydrogens (tertiary/aromatic N) is 4. The lowest BCUT2D eigenvalue weighted by molar-refractivity contribution is 0.0619. The van der Waals surface area contributed by atoms with Crippen molar-refractivity contribution in [1.29, 1.82) is 0 Å². The van der Waals surface area contributed by atoms with Crippen LogP contribution >= 0.6 is 0 Å². The number of nitrogens with one attached hydrogen (secondary N) is 1. The van der Waals surface area contributed by atoms with Crippen molar-refractivity contribution in [3.8, 4) is 0 Å². The molecule has 5 heterocycles. The third-order valence-electron chi connectivity index (χ3n) is 8.33. The summed E-state index contributed by atoms with van der Waals surface area (Å²) in [5.74, 6) is 0.0948. The molecular formula is C27H35N5O4. The number of pyridine rings is 1. The third kappa shape index (κ3) is 4.03. The van der Waals surface area contributed by atoms with Gasteiger partial charge in [-0.05, 0) is 63.3 Å². The lowest BCUT2D eigenvalue weighted by Crippen LogP contribution is -2.49. The van der Waals surface area contributed by atoms with Crippen LogP contribution in [0.5, 0.6) is 0 Å². The summed E-state index contributed by atoms with van der Waals surface area (Å²) in [6, 6.07) is 4.83. The molecule has 6 rings (SSSR count). The Morgan fingerprint density at radius 3 is 2.72 bits per heavy atom. The number of unbranched alkanes of at least 4 members (excludes halogenated alkanes) is 1. The molecule has 3 fully saturated rings. The number of amides is 1. The molecule has 1 amide bonds. The summed E-state index contributed by atoms with van der Waals surface area (Å²) in [5, 5.41) is 6.06. The maximum absolute atomic E-state index is 13.8. The van der Waals surface area contributed by atoms with E-state index in [1.807, 2.05) is 23.7 Å².